The molecule has 3 N–H and O–H groups in total. The molecule has 9 nitrogen and oxygen atoms in total. The highest BCUT2D eigenvalue weighted by Gasteiger charge is 2.27. The number of anilines is 1. The molecule has 0 bridgehead atoms. The number of primary sulfonamides is 1. The van der Waals surface area contributed by atoms with E-state index in [1.807, 2.05) is 0 Å². The number of rotatable bonds is 5. The third-order valence-electron chi connectivity index (χ3n) is 2.92. The number of carbonyl (C=O) groups is 1. The monoisotopic (exact) mass is 351 g/mol. The summed E-state index contributed by atoms with van der Waals surface area (Å²) in [4.78, 5) is 21.1. The first-order chi connectivity index (χ1) is 11.3. The van der Waals surface area contributed by atoms with Crippen molar-refractivity contribution in [3.8, 4) is 0 Å². The molecule has 0 aliphatic carbocycles. The van der Waals surface area contributed by atoms with Crippen molar-refractivity contribution >= 4 is 27.5 Å². The summed E-state index contributed by atoms with van der Waals surface area (Å²) in [5.74, 6) is 0. The summed E-state index contributed by atoms with van der Waals surface area (Å²) in [6.45, 7) is -0.0493. The van der Waals surface area contributed by atoms with E-state index in [1.165, 1.54) is 12.1 Å². The molecular weight excluding hydrogens is 338 g/mol. The molecular formula is C14H13N3O6S. The number of nitrogens with two attached hydrogens (primary N) is 1. The van der Waals surface area contributed by atoms with Crippen LogP contribution < -0.4 is 10.5 Å². The molecule has 0 radical (unpaired) electrons. The summed E-state index contributed by atoms with van der Waals surface area (Å²) >= 11 is 0. The number of amides is 1. The van der Waals surface area contributed by atoms with Crippen LogP contribution in [0.2, 0.25) is 0 Å². The molecule has 2 aromatic carbocycles. The molecule has 0 spiro atoms. The molecule has 126 valence electrons. The molecule has 2 rings (SSSR count). The molecule has 0 heterocycles. The third kappa shape index (κ3) is 4.27. The van der Waals surface area contributed by atoms with Crippen LogP contribution in [0, 0.1) is 10.1 Å². The first-order valence-corrected chi connectivity index (χ1v) is 8.11. The van der Waals surface area contributed by atoms with Gasteiger partial charge in [-0.2, -0.15) is 0 Å². The molecule has 0 aliphatic heterocycles. The number of nitrogens with zero attached hydrogens (tertiary/aromatic N) is 1. The van der Waals surface area contributed by atoms with Gasteiger partial charge in [-0.05, 0) is 11.6 Å². The molecule has 1 amide bonds. The van der Waals surface area contributed by atoms with Crippen LogP contribution in [0.1, 0.15) is 5.56 Å². The zero-order chi connectivity index (χ0) is 17.7. The Labute approximate surface area is 137 Å². The molecule has 0 atom stereocenters. The van der Waals surface area contributed by atoms with Gasteiger partial charge in [0.05, 0.1) is 10.6 Å². The standard InChI is InChI=1S/C14H13N3O6S/c15-24(21,22)13-11(7-4-8-12(13)17(19)20)16-14(18)23-9-10-5-2-1-3-6-10/h1-8H,9H2,(H,16,18)(H2,15,21,22). The summed E-state index contributed by atoms with van der Waals surface area (Å²) in [6.07, 6.45) is -0.968. The van der Waals surface area contributed by atoms with Gasteiger partial charge in [-0.15, -0.1) is 0 Å². The minimum atomic E-state index is -4.43. The smallest absolute Gasteiger partial charge is 0.411 e. The number of nitro groups is 1. The van der Waals surface area contributed by atoms with Gasteiger partial charge in [0, 0.05) is 6.07 Å². The summed E-state index contributed by atoms with van der Waals surface area (Å²) in [5.41, 5.74) is -0.346. The maximum absolute atomic E-state index is 11.8. The van der Waals surface area contributed by atoms with Crippen LogP contribution >= 0.6 is 0 Å². The highest BCUT2D eigenvalue weighted by atomic mass is 32.2. The first kappa shape index (κ1) is 17.4. The fraction of sp³-hybridized carbons (Fsp3) is 0.0714. The highest BCUT2D eigenvalue weighted by Crippen LogP contribution is 2.30. The number of nitro benzene ring substituents is 1. The molecule has 0 unspecified atom stereocenters. The van der Waals surface area contributed by atoms with Crippen molar-refractivity contribution in [3.05, 3.63) is 64.2 Å². The largest absolute Gasteiger partial charge is 0.444 e. The lowest BCUT2D eigenvalue weighted by atomic mass is 10.2. The third-order valence-corrected chi connectivity index (χ3v) is 3.92. The van der Waals surface area contributed by atoms with E-state index in [1.54, 1.807) is 30.3 Å². The van der Waals surface area contributed by atoms with E-state index in [0.717, 1.165) is 11.6 Å². The minimum absolute atomic E-state index is 0.0493. The van der Waals surface area contributed by atoms with Gasteiger partial charge in [-0.25, -0.2) is 18.4 Å². The lowest BCUT2D eigenvalue weighted by Crippen LogP contribution is -2.20. The molecule has 24 heavy (non-hydrogen) atoms. The quantitative estimate of drug-likeness (QED) is 0.623. The summed E-state index contributed by atoms with van der Waals surface area (Å²) < 4.78 is 28.2. The Hall–Kier alpha value is -2.98. The number of benzene rings is 2. The average molecular weight is 351 g/mol. The molecule has 0 fully saturated rings. The Bertz CT molecular complexity index is 867. The maximum Gasteiger partial charge on any atom is 0.411 e. The van der Waals surface area contributed by atoms with Crippen LogP contribution in [0.3, 0.4) is 0 Å². The van der Waals surface area contributed by atoms with E-state index < -0.39 is 31.6 Å². The molecule has 0 saturated heterocycles. The predicted octanol–water partition coefficient (Wildman–Crippen LogP) is 1.99. The van der Waals surface area contributed by atoms with Crippen molar-refractivity contribution in [2.24, 2.45) is 5.14 Å². The summed E-state index contributed by atoms with van der Waals surface area (Å²) in [6, 6.07) is 12.2. The van der Waals surface area contributed by atoms with Crippen molar-refractivity contribution in [2.45, 2.75) is 11.5 Å². The lowest BCUT2D eigenvalue weighted by molar-refractivity contribution is -0.387. The van der Waals surface area contributed by atoms with Crippen LogP contribution in [0.15, 0.2) is 53.4 Å². The minimum Gasteiger partial charge on any atom is -0.444 e. The number of ether oxygens (including phenoxy) is 1. The lowest BCUT2D eigenvalue weighted by Gasteiger charge is -2.10. The van der Waals surface area contributed by atoms with Gasteiger partial charge in [0.25, 0.3) is 5.69 Å². The van der Waals surface area contributed by atoms with Crippen molar-refractivity contribution in [3.63, 3.8) is 0 Å². The average Bonchev–Trinajstić information content (AvgIpc) is 2.52. The van der Waals surface area contributed by atoms with Gasteiger partial charge >= 0.3 is 6.09 Å². The van der Waals surface area contributed by atoms with E-state index in [-0.39, 0.29) is 12.3 Å². The number of nitrogens with one attached hydrogen (secondary N) is 1. The van der Waals surface area contributed by atoms with Gasteiger partial charge in [0.2, 0.25) is 10.0 Å². The van der Waals surface area contributed by atoms with Crippen molar-refractivity contribution in [2.75, 3.05) is 5.32 Å². The molecule has 0 saturated carbocycles. The fourth-order valence-corrected chi connectivity index (χ4v) is 2.79. The zero-order valence-corrected chi connectivity index (χ0v) is 13.0. The van der Waals surface area contributed by atoms with Crippen molar-refractivity contribution in [1.82, 2.24) is 0 Å². The van der Waals surface area contributed by atoms with Crippen molar-refractivity contribution < 1.29 is 22.9 Å². The van der Waals surface area contributed by atoms with E-state index in [0.29, 0.717) is 0 Å². The van der Waals surface area contributed by atoms with Gasteiger partial charge in [0.1, 0.15) is 6.61 Å². The van der Waals surface area contributed by atoms with Crippen LogP contribution in [0.4, 0.5) is 16.2 Å². The molecule has 10 heteroatoms. The van der Waals surface area contributed by atoms with Crippen LogP contribution in [-0.2, 0) is 21.4 Å². The number of hydrogen-bond acceptors (Lipinski definition) is 6. The van der Waals surface area contributed by atoms with Crippen LogP contribution in [0.25, 0.3) is 0 Å². The highest BCUT2D eigenvalue weighted by molar-refractivity contribution is 7.89. The Morgan fingerprint density at radius 2 is 1.83 bits per heavy atom. The molecule has 0 aliphatic rings. The van der Waals surface area contributed by atoms with E-state index >= 15 is 0 Å². The van der Waals surface area contributed by atoms with E-state index in [4.69, 9.17) is 9.88 Å². The van der Waals surface area contributed by atoms with Crippen molar-refractivity contribution in [1.29, 1.82) is 0 Å². The second-order valence-electron chi connectivity index (χ2n) is 4.64. The number of hydrogen-bond donors (Lipinski definition) is 2. The van der Waals surface area contributed by atoms with Gasteiger partial charge in [-0.1, -0.05) is 36.4 Å². The summed E-state index contributed by atoms with van der Waals surface area (Å²) in [5, 5.41) is 18.1. The molecule has 0 aromatic heterocycles. The maximum atomic E-state index is 11.8. The topological polar surface area (TPSA) is 142 Å². The molecule has 2 aromatic rings. The zero-order valence-electron chi connectivity index (χ0n) is 12.2. The van der Waals surface area contributed by atoms with Crippen LogP contribution in [0.5, 0.6) is 0 Å². The van der Waals surface area contributed by atoms with Gasteiger partial charge in [0.15, 0.2) is 4.90 Å². The normalized spacial score (nSPS) is 10.9. The number of sulfonamides is 1. The van der Waals surface area contributed by atoms with Gasteiger partial charge < -0.3 is 4.74 Å². The Balaban J connectivity index is 2.21. The second kappa shape index (κ2) is 7.06. The SMILES string of the molecule is NS(=O)(=O)c1c(NC(=O)OCc2ccccc2)cccc1[N+](=O)[O-]. The fourth-order valence-electron chi connectivity index (χ4n) is 1.94. The van der Waals surface area contributed by atoms with E-state index in [9.17, 15) is 23.3 Å². The first-order valence-electron chi connectivity index (χ1n) is 6.57. The van der Waals surface area contributed by atoms with E-state index in [2.05, 4.69) is 5.32 Å². The Kier molecular flexibility index (Phi) is 5.11. The van der Waals surface area contributed by atoms with Gasteiger partial charge in [-0.3, -0.25) is 15.4 Å². The summed E-state index contributed by atoms with van der Waals surface area (Å²) in [7, 11) is -4.43. The number of carbonyl (C=O) groups excluding carboxylic acids is 1. The Morgan fingerprint density at radius 1 is 1.17 bits per heavy atom. The predicted molar refractivity (Wildman–Crippen MR) is 84.7 cm³/mol. The van der Waals surface area contributed by atoms with Crippen LogP contribution in [-0.4, -0.2) is 19.4 Å². The Morgan fingerprint density at radius 3 is 2.42 bits per heavy atom. The second-order valence-corrected chi connectivity index (χ2v) is 6.14.